The molecule has 0 saturated carbocycles. The van der Waals surface area contributed by atoms with Crippen molar-refractivity contribution in [2.45, 2.75) is 31.2 Å². The van der Waals surface area contributed by atoms with Gasteiger partial charge in [-0.05, 0) is 38.3 Å². The summed E-state index contributed by atoms with van der Waals surface area (Å²) >= 11 is 1.87. The van der Waals surface area contributed by atoms with Crippen LogP contribution in [0.25, 0.3) is 0 Å². The number of pyridine rings is 1. The molecule has 78 valence electrons. The fourth-order valence-corrected chi connectivity index (χ4v) is 1.83. The summed E-state index contributed by atoms with van der Waals surface area (Å²) in [6, 6.07) is 4.58. The minimum absolute atomic E-state index is 0.334. The molecule has 1 atom stereocenters. The van der Waals surface area contributed by atoms with E-state index >= 15 is 0 Å². The van der Waals surface area contributed by atoms with E-state index in [1.807, 2.05) is 25.0 Å². The van der Waals surface area contributed by atoms with Gasteiger partial charge < -0.3 is 5.32 Å². The number of hydrogen-bond acceptors (Lipinski definition) is 3. The van der Waals surface area contributed by atoms with E-state index in [2.05, 4.69) is 36.3 Å². The number of nitrogens with zero attached hydrogens (tertiary/aromatic N) is 1. The van der Waals surface area contributed by atoms with E-state index in [1.54, 1.807) is 0 Å². The molecule has 0 bridgehead atoms. The quantitative estimate of drug-likeness (QED) is 0.756. The van der Waals surface area contributed by atoms with Gasteiger partial charge in [0.2, 0.25) is 0 Å². The average Bonchev–Trinajstić information content (AvgIpc) is 2.26. The zero-order valence-corrected chi connectivity index (χ0v) is 9.90. The summed E-state index contributed by atoms with van der Waals surface area (Å²) in [5, 5.41) is 3.17. The Morgan fingerprint density at radius 2 is 2.29 bits per heavy atom. The van der Waals surface area contributed by atoms with E-state index in [0.717, 1.165) is 5.69 Å². The van der Waals surface area contributed by atoms with Crippen molar-refractivity contribution in [3.8, 4) is 0 Å². The molecule has 0 spiro atoms. The molecule has 0 radical (unpaired) electrons. The monoisotopic (exact) mass is 210 g/mol. The normalized spacial score (nSPS) is 12.8. The minimum atomic E-state index is 0.334. The van der Waals surface area contributed by atoms with Crippen molar-refractivity contribution < 1.29 is 0 Å². The maximum atomic E-state index is 4.42. The Morgan fingerprint density at radius 3 is 2.79 bits per heavy atom. The summed E-state index contributed by atoms with van der Waals surface area (Å²) in [6.07, 6.45) is 3.17. The molecule has 1 aromatic rings. The zero-order valence-electron chi connectivity index (χ0n) is 9.08. The fraction of sp³-hybridized carbons (Fsp3) is 0.545. The van der Waals surface area contributed by atoms with E-state index in [4.69, 9.17) is 0 Å². The van der Waals surface area contributed by atoms with Gasteiger partial charge in [0, 0.05) is 17.1 Å². The molecule has 0 fully saturated rings. The van der Waals surface area contributed by atoms with Crippen molar-refractivity contribution in [1.29, 1.82) is 0 Å². The molecule has 1 rings (SSSR count). The summed E-state index contributed by atoms with van der Waals surface area (Å²) in [7, 11) is 1.95. The summed E-state index contributed by atoms with van der Waals surface area (Å²) < 4.78 is 0. The van der Waals surface area contributed by atoms with Gasteiger partial charge in [0.25, 0.3) is 0 Å². The van der Waals surface area contributed by atoms with Gasteiger partial charge >= 0.3 is 0 Å². The van der Waals surface area contributed by atoms with Gasteiger partial charge in [0.15, 0.2) is 0 Å². The van der Waals surface area contributed by atoms with Crippen LogP contribution in [-0.2, 0) is 0 Å². The second-order valence-electron chi connectivity index (χ2n) is 3.28. The van der Waals surface area contributed by atoms with Crippen LogP contribution in [0.3, 0.4) is 0 Å². The van der Waals surface area contributed by atoms with E-state index in [-0.39, 0.29) is 0 Å². The SMILES string of the molecule is CCCSc1ccc(C(C)NC)nc1. The van der Waals surface area contributed by atoms with Crippen LogP contribution in [0, 0.1) is 0 Å². The lowest BCUT2D eigenvalue weighted by Gasteiger charge is -2.09. The largest absolute Gasteiger partial charge is 0.312 e. The summed E-state index contributed by atoms with van der Waals surface area (Å²) in [5.41, 5.74) is 1.10. The molecule has 0 aliphatic heterocycles. The lowest BCUT2D eigenvalue weighted by Crippen LogP contribution is -2.13. The topological polar surface area (TPSA) is 24.9 Å². The molecule has 0 aromatic carbocycles. The fourth-order valence-electron chi connectivity index (χ4n) is 1.10. The molecule has 0 amide bonds. The Hall–Kier alpha value is -0.540. The van der Waals surface area contributed by atoms with Gasteiger partial charge in [-0.25, -0.2) is 0 Å². The Balaban J connectivity index is 2.59. The molecule has 0 aliphatic rings. The Kier molecular flexibility index (Phi) is 4.98. The number of rotatable bonds is 5. The molecule has 0 saturated heterocycles. The maximum Gasteiger partial charge on any atom is 0.0571 e. The molecule has 0 aliphatic carbocycles. The third-order valence-electron chi connectivity index (χ3n) is 2.11. The highest BCUT2D eigenvalue weighted by Crippen LogP contribution is 2.19. The lowest BCUT2D eigenvalue weighted by molar-refractivity contribution is 0.631. The highest BCUT2D eigenvalue weighted by atomic mass is 32.2. The number of thioether (sulfide) groups is 1. The van der Waals surface area contributed by atoms with Crippen molar-refractivity contribution in [3.05, 3.63) is 24.0 Å². The first kappa shape index (κ1) is 11.5. The first-order valence-corrected chi connectivity index (χ1v) is 6.02. The molecule has 3 heteroatoms. The second-order valence-corrected chi connectivity index (χ2v) is 4.45. The van der Waals surface area contributed by atoms with Crippen molar-refractivity contribution in [2.24, 2.45) is 0 Å². The van der Waals surface area contributed by atoms with Gasteiger partial charge in [-0.2, -0.15) is 0 Å². The van der Waals surface area contributed by atoms with Crippen LogP contribution in [0.2, 0.25) is 0 Å². The van der Waals surface area contributed by atoms with E-state index in [9.17, 15) is 0 Å². The number of nitrogens with one attached hydrogen (secondary N) is 1. The molecular weight excluding hydrogens is 192 g/mol. The van der Waals surface area contributed by atoms with Crippen LogP contribution in [0.1, 0.15) is 32.0 Å². The van der Waals surface area contributed by atoms with Gasteiger partial charge in [-0.15, -0.1) is 11.8 Å². The highest BCUT2D eigenvalue weighted by molar-refractivity contribution is 7.99. The lowest BCUT2D eigenvalue weighted by atomic mass is 10.2. The van der Waals surface area contributed by atoms with E-state index in [1.165, 1.54) is 17.1 Å². The van der Waals surface area contributed by atoms with Crippen molar-refractivity contribution >= 4 is 11.8 Å². The van der Waals surface area contributed by atoms with Gasteiger partial charge in [0.1, 0.15) is 0 Å². The molecule has 14 heavy (non-hydrogen) atoms. The standard InChI is InChI=1S/C11H18N2S/c1-4-7-14-10-5-6-11(13-8-10)9(2)12-3/h5-6,8-9,12H,4,7H2,1-3H3. The Labute approximate surface area is 90.5 Å². The van der Waals surface area contributed by atoms with E-state index < -0.39 is 0 Å². The number of aromatic nitrogens is 1. The molecule has 2 nitrogen and oxygen atoms in total. The van der Waals surface area contributed by atoms with Crippen LogP contribution < -0.4 is 5.32 Å². The smallest absolute Gasteiger partial charge is 0.0571 e. The van der Waals surface area contributed by atoms with E-state index in [0.29, 0.717) is 6.04 Å². The predicted octanol–water partition coefficient (Wildman–Crippen LogP) is 2.86. The number of hydrogen-bond donors (Lipinski definition) is 1. The molecule has 1 N–H and O–H groups in total. The third kappa shape index (κ3) is 3.31. The van der Waals surface area contributed by atoms with Crippen molar-refractivity contribution in [1.82, 2.24) is 10.3 Å². The van der Waals surface area contributed by atoms with Crippen LogP contribution in [0.15, 0.2) is 23.2 Å². The molecule has 1 unspecified atom stereocenters. The first-order valence-electron chi connectivity index (χ1n) is 5.04. The molecule has 1 aromatic heterocycles. The first-order chi connectivity index (χ1) is 6.77. The van der Waals surface area contributed by atoms with Crippen molar-refractivity contribution in [2.75, 3.05) is 12.8 Å². The van der Waals surface area contributed by atoms with Gasteiger partial charge in [-0.1, -0.05) is 6.92 Å². The van der Waals surface area contributed by atoms with Crippen LogP contribution in [0.5, 0.6) is 0 Å². The summed E-state index contributed by atoms with van der Waals surface area (Å²) in [6.45, 7) is 4.30. The third-order valence-corrected chi connectivity index (χ3v) is 3.30. The molecular formula is C11H18N2S. The van der Waals surface area contributed by atoms with Gasteiger partial charge in [0.05, 0.1) is 5.69 Å². The summed E-state index contributed by atoms with van der Waals surface area (Å²) in [4.78, 5) is 5.68. The van der Waals surface area contributed by atoms with Crippen LogP contribution in [0.4, 0.5) is 0 Å². The maximum absolute atomic E-state index is 4.42. The zero-order chi connectivity index (χ0) is 10.4. The highest BCUT2D eigenvalue weighted by Gasteiger charge is 2.03. The second kappa shape index (κ2) is 6.04. The van der Waals surface area contributed by atoms with Crippen molar-refractivity contribution in [3.63, 3.8) is 0 Å². The Bertz CT molecular complexity index is 258. The molecule has 1 heterocycles. The summed E-state index contributed by atoms with van der Waals surface area (Å²) in [5.74, 6) is 1.17. The van der Waals surface area contributed by atoms with Gasteiger partial charge in [-0.3, -0.25) is 4.98 Å². The minimum Gasteiger partial charge on any atom is -0.312 e. The Morgan fingerprint density at radius 1 is 1.50 bits per heavy atom. The average molecular weight is 210 g/mol. The van der Waals surface area contributed by atoms with Crippen LogP contribution in [-0.4, -0.2) is 17.8 Å². The van der Waals surface area contributed by atoms with Crippen LogP contribution >= 0.6 is 11.8 Å². The predicted molar refractivity (Wildman–Crippen MR) is 62.7 cm³/mol.